The summed E-state index contributed by atoms with van der Waals surface area (Å²) in [7, 11) is 0. The minimum Gasteiger partial charge on any atom is -0.355 e. The summed E-state index contributed by atoms with van der Waals surface area (Å²) in [5, 5.41) is 6.06. The first-order valence-corrected chi connectivity index (χ1v) is 6.61. The minimum atomic E-state index is -0.397. The smallest absolute Gasteiger partial charge is 0.225 e. The average Bonchev–Trinajstić information content (AvgIpc) is 2.28. The van der Waals surface area contributed by atoms with Gasteiger partial charge in [-0.1, -0.05) is 20.8 Å². The number of piperazine rings is 1. The number of carbonyl (C=O) groups excluding carboxylic acids is 2. The molecule has 0 aromatic heterocycles. The monoisotopic (exact) mass is 255 g/mol. The normalized spacial score (nSPS) is 20.7. The van der Waals surface area contributed by atoms with Gasteiger partial charge in [0.2, 0.25) is 11.8 Å². The Balaban J connectivity index is 2.31. The van der Waals surface area contributed by atoms with Crippen LogP contribution in [0.15, 0.2) is 0 Å². The average molecular weight is 255 g/mol. The van der Waals surface area contributed by atoms with Gasteiger partial charge in [-0.15, -0.1) is 0 Å². The van der Waals surface area contributed by atoms with E-state index in [9.17, 15) is 9.59 Å². The molecule has 1 fully saturated rings. The SMILES string of the molecule is CC1CNCCN1C(=O)CCNC(=O)C(C)(C)C. The van der Waals surface area contributed by atoms with Gasteiger partial charge in [0.05, 0.1) is 0 Å². The zero-order valence-electron chi connectivity index (χ0n) is 11.9. The molecule has 2 amide bonds. The zero-order chi connectivity index (χ0) is 13.8. The third-order valence-corrected chi connectivity index (χ3v) is 3.13. The number of hydrogen-bond acceptors (Lipinski definition) is 3. The van der Waals surface area contributed by atoms with Crippen LogP contribution >= 0.6 is 0 Å². The van der Waals surface area contributed by atoms with Crippen molar-refractivity contribution in [1.29, 1.82) is 0 Å². The van der Waals surface area contributed by atoms with Gasteiger partial charge in [0, 0.05) is 44.1 Å². The Bertz CT molecular complexity index is 310. The van der Waals surface area contributed by atoms with Crippen molar-refractivity contribution >= 4 is 11.8 Å². The van der Waals surface area contributed by atoms with Crippen LogP contribution in [0.4, 0.5) is 0 Å². The van der Waals surface area contributed by atoms with Gasteiger partial charge in [0.15, 0.2) is 0 Å². The summed E-state index contributed by atoms with van der Waals surface area (Å²) >= 11 is 0. The van der Waals surface area contributed by atoms with Crippen molar-refractivity contribution in [2.24, 2.45) is 5.41 Å². The Labute approximate surface area is 109 Å². The molecule has 5 nitrogen and oxygen atoms in total. The second-order valence-electron chi connectivity index (χ2n) is 5.90. The molecule has 0 spiro atoms. The molecule has 1 rings (SSSR count). The maximum atomic E-state index is 12.0. The molecule has 2 N–H and O–H groups in total. The maximum absolute atomic E-state index is 12.0. The highest BCUT2D eigenvalue weighted by atomic mass is 16.2. The lowest BCUT2D eigenvalue weighted by Gasteiger charge is -2.34. The van der Waals surface area contributed by atoms with E-state index in [1.165, 1.54) is 0 Å². The molecule has 1 atom stereocenters. The number of nitrogens with one attached hydrogen (secondary N) is 2. The molecule has 104 valence electrons. The van der Waals surface area contributed by atoms with E-state index < -0.39 is 5.41 Å². The van der Waals surface area contributed by atoms with E-state index >= 15 is 0 Å². The Morgan fingerprint density at radius 2 is 2.06 bits per heavy atom. The van der Waals surface area contributed by atoms with E-state index in [0.717, 1.165) is 19.6 Å². The van der Waals surface area contributed by atoms with Crippen molar-refractivity contribution in [1.82, 2.24) is 15.5 Å². The van der Waals surface area contributed by atoms with Crippen LogP contribution in [0.25, 0.3) is 0 Å². The van der Waals surface area contributed by atoms with Crippen molar-refractivity contribution in [2.45, 2.75) is 40.2 Å². The number of amides is 2. The fourth-order valence-electron chi connectivity index (χ4n) is 1.90. The van der Waals surface area contributed by atoms with E-state index in [0.29, 0.717) is 13.0 Å². The van der Waals surface area contributed by atoms with Gasteiger partial charge in [0.1, 0.15) is 0 Å². The molecule has 1 saturated heterocycles. The van der Waals surface area contributed by atoms with Gasteiger partial charge in [-0.2, -0.15) is 0 Å². The van der Waals surface area contributed by atoms with Gasteiger partial charge in [0.25, 0.3) is 0 Å². The number of hydrogen-bond donors (Lipinski definition) is 2. The summed E-state index contributed by atoms with van der Waals surface area (Å²) in [6.07, 6.45) is 0.381. The highest BCUT2D eigenvalue weighted by molar-refractivity contribution is 5.82. The molecule has 1 heterocycles. The van der Waals surface area contributed by atoms with Crippen molar-refractivity contribution in [3.05, 3.63) is 0 Å². The molecular weight excluding hydrogens is 230 g/mol. The first-order valence-electron chi connectivity index (χ1n) is 6.61. The predicted molar refractivity (Wildman–Crippen MR) is 71.1 cm³/mol. The molecule has 5 heteroatoms. The molecule has 0 aliphatic carbocycles. The topological polar surface area (TPSA) is 61.4 Å². The summed E-state index contributed by atoms with van der Waals surface area (Å²) in [4.78, 5) is 25.5. The second kappa shape index (κ2) is 6.18. The Hall–Kier alpha value is -1.10. The molecule has 0 aromatic carbocycles. The van der Waals surface area contributed by atoms with Gasteiger partial charge in [-0.05, 0) is 6.92 Å². The van der Waals surface area contributed by atoms with Crippen molar-refractivity contribution in [2.75, 3.05) is 26.2 Å². The summed E-state index contributed by atoms with van der Waals surface area (Å²) in [6.45, 7) is 10.5. The lowest BCUT2D eigenvalue weighted by Crippen LogP contribution is -2.52. The van der Waals surface area contributed by atoms with Crippen LogP contribution in [-0.4, -0.2) is 48.9 Å². The van der Waals surface area contributed by atoms with E-state index in [2.05, 4.69) is 10.6 Å². The van der Waals surface area contributed by atoms with Crippen LogP contribution in [-0.2, 0) is 9.59 Å². The summed E-state index contributed by atoms with van der Waals surface area (Å²) in [6, 6.07) is 0.240. The molecule has 1 aliphatic rings. The van der Waals surface area contributed by atoms with Gasteiger partial charge in [-0.3, -0.25) is 9.59 Å². The first kappa shape index (κ1) is 15.0. The zero-order valence-corrected chi connectivity index (χ0v) is 11.9. The standard InChI is InChI=1S/C13H25N3O2/c1-10-9-14-7-8-16(10)11(17)5-6-15-12(18)13(2,3)4/h10,14H,5-9H2,1-4H3,(H,15,18). The third-order valence-electron chi connectivity index (χ3n) is 3.13. The summed E-state index contributed by atoms with van der Waals surface area (Å²) in [5.41, 5.74) is -0.397. The highest BCUT2D eigenvalue weighted by Gasteiger charge is 2.24. The molecule has 0 aromatic rings. The summed E-state index contributed by atoms with van der Waals surface area (Å²) in [5.74, 6) is 0.113. The first-order chi connectivity index (χ1) is 8.32. The predicted octanol–water partition coefficient (Wildman–Crippen LogP) is 0.359. The van der Waals surface area contributed by atoms with Crippen molar-refractivity contribution in [3.8, 4) is 0 Å². The van der Waals surface area contributed by atoms with E-state index in [1.54, 1.807) is 0 Å². The largest absolute Gasteiger partial charge is 0.355 e. The quantitative estimate of drug-likeness (QED) is 0.765. The minimum absolute atomic E-state index is 0.0105. The van der Waals surface area contributed by atoms with Crippen LogP contribution in [0.3, 0.4) is 0 Å². The van der Waals surface area contributed by atoms with Crippen LogP contribution in [0.5, 0.6) is 0 Å². The van der Waals surface area contributed by atoms with Crippen LogP contribution in [0, 0.1) is 5.41 Å². The van der Waals surface area contributed by atoms with Gasteiger partial charge >= 0.3 is 0 Å². The summed E-state index contributed by atoms with van der Waals surface area (Å²) < 4.78 is 0. The third kappa shape index (κ3) is 4.29. The highest BCUT2D eigenvalue weighted by Crippen LogP contribution is 2.12. The van der Waals surface area contributed by atoms with Gasteiger partial charge in [-0.25, -0.2) is 0 Å². The van der Waals surface area contributed by atoms with E-state index in [-0.39, 0.29) is 17.9 Å². The molecule has 1 unspecified atom stereocenters. The van der Waals surface area contributed by atoms with Crippen molar-refractivity contribution < 1.29 is 9.59 Å². The molecular formula is C13H25N3O2. The van der Waals surface area contributed by atoms with Crippen LogP contribution in [0.1, 0.15) is 34.1 Å². The number of nitrogens with zero attached hydrogens (tertiary/aromatic N) is 1. The maximum Gasteiger partial charge on any atom is 0.225 e. The molecule has 18 heavy (non-hydrogen) atoms. The number of rotatable bonds is 3. The Morgan fingerprint density at radius 1 is 1.39 bits per heavy atom. The molecule has 1 aliphatic heterocycles. The van der Waals surface area contributed by atoms with E-state index in [4.69, 9.17) is 0 Å². The molecule has 0 radical (unpaired) electrons. The fraction of sp³-hybridized carbons (Fsp3) is 0.846. The Kier molecular flexibility index (Phi) is 5.14. The van der Waals surface area contributed by atoms with Crippen molar-refractivity contribution in [3.63, 3.8) is 0 Å². The second-order valence-corrected chi connectivity index (χ2v) is 5.90. The lowest BCUT2D eigenvalue weighted by atomic mass is 9.96. The van der Waals surface area contributed by atoms with Crippen LogP contribution < -0.4 is 10.6 Å². The fourth-order valence-corrected chi connectivity index (χ4v) is 1.90. The Morgan fingerprint density at radius 3 is 2.61 bits per heavy atom. The van der Waals surface area contributed by atoms with Crippen LogP contribution in [0.2, 0.25) is 0 Å². The lowest BCUT2D eigenvalue weighted by molar-refractivity contribution is -0.134. The van der Waals surface area contributed by atoms with E-state index in [1.807, 2.05) is 32.6 Å². The molecule has 0 bridgehead atoms. The molecule has 0 saturated carbocycles. The van der Waals surface area contributed by atoms with Gasteiger partial charge < -0.3 is 15.5 Å². The number of carbonyl (C=O) groups is 2.